The molecule has 0 fully saturated rings. The fourth-order valence-electron chi connectivity index (χ4n) is 1.18. The number of aliphatic hydroxyl groups is 1. The van der Waals surface area contributed by atoms with E-state index in [1.165, 1.54) is 0 Å². The topological polar surface area (TPSA) is 37.5 Å². The third-order valence-electron chi connectivity index (χ3n) is 1.77. The molecule has 1 N–H and O–H groups in total. The van der Waals surface area contributed by atoms with Gasteiger partial charge in [0, 0.05) is 6.20 Å². The summed E-state index contributed by atoms with van der Waals surface area (Å²) in [4.78, 5) is 4.13. The molecule has 2 aromatic heterocycles. The van der Waals surface area contributed by atoms with Crippen LogP contribution in [0.3, 0.4) is 0 Å². The lowest BCUT2D eigenvalue weighted by atomic mass is 10.4. The molecule has 0 aliphatic carbocycles. The molecular weight excluding hydrogens is 255 g/mol. The van der Waals surface area contributed by atoms with Gasteiger partial charge < -0.3 is 5.11 Å². The molecule has 5 heteroatoms. The van der Waals surface area contributed by atoms with Gasteiger partial charge in [0.2, 0.25) is 0 Å². The molecular formula is C8H6BrClN2O. The van der Waals surface area contributed by atoms with E-state index in [0.717, 1.165) is 15.8 Å². The predicted molar refractivity (Wildman–Crippen MR) is 53.8 cm³/mol. The van der Waals surface area contributed by atoms with Crippen molar-refractivity contribution in [2.75, 3.05) is 0 Å². The molecule has 0 spiro atoms. The first-order chi connectivity index (χ1) is 6.22. The van der Waals surface area contributed by atoms with Gasteiger partial charge in [-0.1, -0.05) is 11.6 Å². The van der Waals surface area contributed by atoms with Crippen LogP contribution < -0.4 is 0 Å². The van der Waals surface area contributed by atoms with Gasteiger partial charge in [0.15, 0.2) is 5.65 Å². The number of hydrogen-bond acceptors (Lipinski definition) is 2. The Labute approximate surface area is 88.1 Å². The summed E-state index contributed by atoms with van der Waals surface area (Å²) in [5.74, 6) is 0. The van der Waals surface area contributed by atoms with Crippen LogP contribution in [0.1, 0.15) is 5.69 Å². The van der Waals surface area contributed by atoms with Gasteiger partial charge in [0.25, 0.3) is 0 Å². The van der Waals surface area contributed by atoms with Crippen molar-refractivity contribution in [3.63, 3.8) is 0 Å². The zero-order valence-electron chi connectivity index (χ0n) is 6.54. The fraction of sp³-hybridized carbons (Fsp3) is 0.125. The Morgan fingerprint density at radius 3 is 3.08 bits per heavy atom. The lowest BCUT2D eigenvalue weighted by Gasteiger charge is -2.00. The first-order valence-electron chi connectivity index (χ1n) is 3.64. The standard InChI is InChI=1S/C8H6BrClN2O/c9-7-1-5(10)3-12-6(4-13)2-11-8(7)12/h1-3,13H,4H2. The molecule has 0 amide bonds. The summed E-state index contributed by atoms with van der Waals surface area (Å²) < 4.78 is 2.58. The molecule has 3 nitrogen and oxygen atoms in total. The normalized spacial score (nSPS) is 11.0. The fourth-order valence-corrected chi connectivity index (χ4v) is 2.06. The monoisotopic (exact) mass is 260 g/mol. The van der Waals surface area contributed by atoms with Crippen molar-refractivity contribution >= 4 is 33.2 Å². The lowest BCUT2D eigenvalue weighted by molar-refractivity contribution is 0.276. The molecule has 2 aromatic rings. The molecule has 0 radical (unpaired) electrons. The number of pyridine rings is 1. The number of nitrogens with zero attached hydrogens (tertiary/aromatic N) is 2. The summed E-state index contributed by atoms with van der Waals surface area (Å²) >= 11 is 9.19. The highest BCUT2D eigenvalue weighted by Crippen LogP contribution is 2.22. The van der Waals surface area contributed by atoms with Gasteiger partial charge in [-0.15, -0.1) is 0 Å². The smallest absolute Gasteiger partial charge is 0.151 e. The van der Waals surface area contributed by atoms with Gasteiger partial charge >= 0.3 is 0 Å². The second kappa shape index (κ2) is 3.29. The van der Waals surface area contributed by atoms with Crippen molar-refractivity contribution in [2.24, 2.45) is 0 Å². The largest absolute Gasteiger partial charge is 0.390 e. The maximum absolute atomic E-state index is 8.99. The molecule has 0 saturated carbocycles. The second-order valence-electron chi connectivity index (χ2n) is 2.61. The third-order valence-corrected chi connectivity index (χ3v) is 2.56. The van der Waals surface area contributed by atoms with Gasteiger partial charge in [-0.3, -0.25) is 4.40 Å². The minimum absolute atomic E-state index is 0.0477. The molecule has 0 saturated heterocycles. The van der Waals surface area contributed by atoms with Gasteiger partial charge in [-0.2, -0.15) is 0 Å². The Morgan fingerprint density at radius 2 is 2.38 bits per heavy atom. The van der Waals surface area contributed by atoms with Crippen LogP contribution in [0.25, 0.3) is 5.65 Å². The molecule has 0 aliphatic rings. The molecule has 0 aromatic carbocycles. The predicted octanol–water partition coefficient (Wildman–Crippen LogP) is 2.24. The van der Waals surface area contributed by atoms with E-state index < -0.39 is 0 Å². The molecule has 13 heavy (non-hydrogen) atoms. The highest BCUT2D eigenvalue weighted by Gasteiger charge is 2.06. The summed E-state index contributed by atoms with van der Waals surface area (Å²) in [7, 11) is 0. The van der Waals surface area contributed by atoms with E-state index in [-0.39, 0.29) is 6.61 Å². The molecule has 2 rings (SSSR count). The number of aliphatic hydroxyl groups excluding tert-OH is 1. The number of fused-ring (bicyclic) bond motifs is 1. The van der Waals surface area contributed by atoms with Gasteiger partial charge in [-0.05, 0) is 22.0 Å². The van der Waals surface area contributed by atoms with Crippen LogP contribution in [0.2, 0.25) is 5.02 Å². The van der Waals surface area contributed by atoms with Crippen molar-refractivity contribution in [2.45, 2.75) is 6.61 Å². The average Bonchev–Trinajstić information content (AvgIpc) is 2.47. The Bertz CT molecular complexity index is 455. The lowest BCUT2D eigenvalue weighted by Crippen LogP contribution is -1.92. The number of rotatable bonds is 1. The minimum atomic E-state index is -0.0477. The maximum atomic E-state index is 8.99. The quantitative estimate of drug-likeness (QED) is 0.855. The summed E-state index contributed by atoms with van der Waals surface area (Å²) in [6, 6.07) is 1.77. The highest BCUT2D eigenvalue weighted by molar-refractivity contribution is 9.10. The summed E-state index contributed by atoms with van der Waals surface area (Å²) in [5, 5.41) is 9.59. The van der Waals surface area contributed by atoms with Crippen LogP contribution >= 0.6 is 27.5 Å². The summed E-state index contributed by atoms with van der Waals surface area (Å²) in [5.41, 5.74) is 1.48. The van der Waals surface area contributed by atoms with Crippen LogP contribution in [0.15, 0.2) is 22.9 Å². The van der Waals surface area contributed by atoms with E-state index in [1.807, 2.05) is 0 Å². The Balaban J connectivity index is 2.82. The van der Waals surface area contributed by atoms with E-state index in [1.54, 1.807) is 22.9 Å². The average molecular weight is 262 g/mol. The number of imidazole rings is 1. The number of hydrogen-bond donors (Lipinski definition) is 1. The molecule has 0 bridgehead atoms. The van der Waals surface area contributed by atoms with E-state index in [9.17, 15) is 0 Å². The maximum Gasteiger partial charge on any atom is 0.151 e. The van der Waals surface area contributed by atoms with Crippen LogP contribution in [0, 0.1) is 0 Å². The number of halogens is 2. The van der Waals surface area contributed by atoms with Crippen molar-refractivity contribution < 1.29 is 5.11 Å². The van der Waals surface area contributed by atoms with Crippen LogP contribution in [0.5, 0.6) is 0 Å². The van der Waals surface area contributed by atoms with Gasteiger partial charge in [0.05, 0.1) is 28.0 Å². The van der Waals surface area contributed by atoms with E-state index in [4.69, 9.17) is 16.7 Å². The van der Waals surface area contributed by atoms with Gasteiger partial charge in [0.1, 0.15) is 0 Å². The summed E-state index contributed by atoms with van der Waals surface area (Å²) in [6.45, 7) is -0.0477. The molecule has 0 aliphatic heterocycles. The van der Waals surface area contributed by atoms with E-state index in [2.05, 4.69) is 20.9 Å². The second-order valence-corrected chi connectivity index (χ2v) is 3.90. The van der Waals surface area contributed by atoms with Gasteiger partial charge in [-0.25, -0.2) is 4.98 Å². The zero-order chi connectivity index (χ0) is 9.42. The van der Waals surface area contributed by atoms with Crippen molar-refractivity contribution in [3.05, 3.63) is 33.6 Å². The van der Waals surface area contributed by atoms with E-state index >= 15 is 0 Å². The van der Waals surface area contributed by atoms with Crippen LogP contribution in [-0.4, -0.2) is 14.5 Å². The third kappa shape index (κ3) is 1.45. The Hall–Kier alpha value is -0.580. The molecule has 68 valence electrons. The SMILES string of the molecule is OCc1cnc2c(Br)cc(Cl)cn12. The van der Waals surface area contributed by atoms with Crippen molar-refractivity contribution in [3.8, 4) is 0 Å². The van der Waals surface area contributed by atoms with Crippen molar-refractivity contribution in [1.82, 2.24) is 9.38 Å². The van der Waals surface area contributed by atoms with Crippen molar-refractivity contribution in [1.29, 1.82) is 0 Å². The Morgan fingerprint density at radius 1 is 1.62 bits per heavy atom. The highest BCUT2D eigenvalue weighted by atomic mass is 79.9. The van der Waals surface area contributed by atoms with Crippen LogP contribution in [-0.2, 0) is 6.61 Å². The Kier molecular flexibility index (Phi) is 2.27. The van der Waals surface area contributed by atoms with Crippen LogP contribution in [0.4, 0.5) is 0 Å². The number of aromatic nitrogens is 2. The summed E-state index contributed by atoms with van der Waals surface area (Å²) in [6.07, 6.45) is 3.34. The first kappa shape index (κ1) is 8.99. The molecule has 2 heterocycles. The molecule has 0 unspecified atom stereocenters. The zero-order valence-corrected chi connectivity index (χ0v) is 8.88. The minimum Gasteiger partial charge on any atom is -0.390 e. The molecule has 0 atom stereocenters. The first-order valence-corrected chi connectivity index (χ1v) is 4.81. The van der Waals surface area contributed by atoms with E-state index in [0.29, 0.717) is 5.02 Å².